The van der Waals surface area contributed by atoms with Crippen LogP contribution in [0.1, 0.15) is 0 Å². The van der Waals surface area contributed by atoms with E-state index in [1.165, 1.54) is 65.3 Å². The van der Waals surface area contributed by atoms with E-state index in [9.17, 15) is 0 Å². The van der Waals surface area contributed by atoms with Crippen LogP contribution in [0.4, 0.5) is 0 Å². The van der Waals surface area contributed by atoms with E-state index in [1.807, 2.05) is 0 Å². The summed E-state index contributed by atoms with van der Waals surface area (Å²) in [6.45, 7) is 0. The fraction of sp³-hybridized carbons (Fsp3) is 0. The molecule has 0 spiro atoms. The van der Waals surface area contributed by atoms with Crippen molar-refractivity contribution < 1.29 is 0 Å². The molecule has 0 aliphatic rings. The molecule has 0 saturated heterocycles. The van der Waals surface area contributed by atoms with Crippen LogP contribution in [0.2, 0.25) is 0 Å². The molecule has 11 aromatic rings. The Hall–Kier alpha value is -6.71. The van der Waals surface area contributed by atoms with Crippen molar-refractivity contribution in [1.82, 2.24) is 14.1 Å². The van der Waals surface area contributed by atoms with Crippen LogP contribution in [0.5, 0.6) is 0 Å². The second-order valence-electron chi connectivity index (χ2n) is 13.2. The molecule has 11 rings (SSSR count). The molecule has 3 heteroatoms. The quantitative estimate of drug-likeness (QED) is 0.140. The number of fused-ring (bicyclic) bond motifs is 10. The number of para-hydroxylation sites is 5. The minimum Gasteiger partial charge on any atom is -0.309 e. The lowest BCUT2D eigenvalue weighted by Gasteiger charge is -2.14. The van der Waals surface area contributed by atoms with Crippen LogP contribution >= 0.6 is 0 Å². The third-order valence-electron chi connectivity index (χ3n) is 10.4. The van der Waals surface area contributed by atoms with Crippen molar-refractivity contribution >= 4 is 76.2 Å². The third kappa shape index (κ3) is 3.83. The molecule has 0 aliphatic heterocycles. The Labute approximate surface area is 287 Å². The molecule has 0 saturated carbocycles. The van der Waals surface area contributed by atoms with Crippen molar-refractivity contribution in [2.24, 2.45) is 0 Å². The van der Waals surface area contributed by atoms with Crippen LogP contribution < -0.4 is 0 Å². The zero-order valence-electron chi connectivity index (χ0n) is 27.1. The monoisotopic (exact) mass is 635 g/mol. The van der Waals surface area contributed by atoms with Gasteiger partial charge in [-0.1, -0.05) is 103 Å². The zero-order valence-corrected chi connectivity index (χ0v) is 27.1. The van der Waals surface area contributed by atoms with Crippen molar-refractivity contribution in [1.29, 1.82) is 0 Å². The minimum atomic E-state index is 1.00. The van der Waals surface area contributed by atoms with Crippen LogP contribution in [0.3, 0.4) is 0 Å². The predicted molar refractivity (Wildman–Crippen MR) is 211 cm³/mol. The van der Waals surface area contributed by atoms with Gasteiger partial charge in [-0.05, 0) is 89.1 Å². The van der Waals surface area contributed by atoms with E-state index < -0.39 is 0 Å². The number of rotatable bonds is 3. The minimum absolute atomic E-state index is 1.00. The first-order chi connectivity index (χ1) is 24.8. The van der Waals surface area contributed by atoms with Gasteiger partial charge in [-0.15, -0.1) is 0 Å². The fourth-order valence-corrected chi connectivity index (χ4v) is 8.29. The average Bonchev–Trinajstić information content (AvgIpc) is 3.69. The number of pyridine rings is 1. The molecule has 0 N–H and O–H groups in total. The summed E-state index contributed by atoms with van der Waals surface area (Å²) in [6, 6.07) is 63.7. The molecule has 3 aromatic heterocycles. The lowest BCUT2D eigenvalue weighted by atomic mass is 9.92. The molecule has 0 amide bonds. The molecule has 3 heterocycles. The molecule has 0 aliphatic carbocycles. The number of aromatic nitrogens is 3. The van der Waals surface area contributed by atoms with E-state index in [-0.39, 0.29) is 0 Å². The Kier molecular flexibility index (Phi) is 5.67. The molecule has 232 valence electrons. The number of nitrogens with zero attached hydrogens (tertiary/aromatic N) is 3. The maximum absolute atomic E-state index is 5.44. The van der Waals surface area contributed by atoms with Gasteiger partial charge in [-0.3, -0.25) is 0 Å². The van der Waals surface area contributed by atoms with Gasteiger partial charge in [0.2, 0.25) is 0 Å². The van der Waals surface area contributed by atoms with Crippen LogP contribution in [0.15, 0.2) is 176 Å². The van der Waals surface area contributed by atoms with Crippen molar-refractivity contribution in [3.63, 3.8) is 0 Å². The van der Waals surface area contributed by atoms with Gasteiger partial charge < -0.3 is 9.13 Å². The van der Waals surface area contributed by atoms with Crippen LogP contribution in [0, 0.1) is 0 Å². The molecule has 50 heavy (non-hydrogen) atoms. The smallest absolute Gasteiger partial charge is 0.0794 e. The Balaban J connectivity index is 1.31. The highest BCUT2D eigenvalue weighted by Crippen LogP contribution is 2.44. The zero-order chi connectivity index (χ0) is 32.8. The molecule has 0 radical (unpaired) electrons. The number of hydrogen-bond donors (Lipinski definition) is 0. The Bertz CT molecular complexity index is 3130. The van der Waals surface area contributed by atoms with E-state index in [0.29, 0.717) is 0 Å². The normalized spacial score (nSPS) is 12.0. The van der Waals surface area contributed by atoms with Gasteiger partial charge in [-0.25, -0.2) is 4.98 Å². The lowest BCUT2D eigenvalue weighted by molar-refractivity contribution is 1.18. The molecule has 0 atom stereocenters. The summed E-state index contributed by atoms with van der Waals surface area (Å²) in [7, 11) is 0. The van der Waals surface area contributed by atoms with Crippen molar-refractivity contribution in [3.8, 4) is 22.5 Å². The second-order valence-corrected chi connectivity index (χ2v) is 13.2. The van der Waals surface area contributed by atoms with Gasteiger partial charge in [0.15, 0.2) is 0 Å². The SMILES string of the molecule is c1ccc(-n2c3ccccc3c3cc4c(cc(-c5cccc6c5c5ccccc5n6-c5ccccc5)c5nc6ccccc6cc54)cc32)cc1. The average molecular weight is 636 g/mol. The Morgan fingerprint density at radius 1 is 0.340 bits per heavy atom. The Morgan fingerprint density at radius 3 is 1.74 bits per heavy atom. The molecular formula is C47H29N3. The molecule has 8 aromatic carbocycles. The van der Waals surface area contributed by atoms with Crippen molar-refractivity contribution in [2.45, 2.75) is 0 Å². The van der Waals surface area contributed by atoms with Gasteiger partial charge in [0.05, 0.1) is 33.1 Å². The molecular weight excluding hydrogens is 607 g/mol. The number of hydrogen-bond acceptors (Lipinski definition) is 1. The van der Waals surface area contributed by atoms with Gasteiger partial charge >= 0.3 is 0 Å². The second kappa shape index (κ2) is 10.4. The number of benzene rings is 8. The van der Waals surface area contributed by atoms with E-state index in [4.69, 9.17) is 4.98 Å². The van der Waals surface area contributed by atoms with Crippen LogP contribution in [-0.2, 0) is 0 Å². The topological polar surface area (TPSA) is 22.8 Å². The van der Waals surface area contributed by atoms with E-state index >= 15 is 0 Å². The van der Waals surface area contributed by atoms with E-state index in [1.54, 1.807) is 0 Å². The highest BCUT2D eigenvalue weighted by Gasteiger charge is 2.21. The van der Waals surface area contributed by atoms with E-state index in [2.05, 4.69) is 185 Å². The summed E-state index contributed by atoms with van der Waals surface area (Å²) >= 11 is 0. The highest BCUT2D eigenvalue weighted by atomic mass is 15.0. The van der Waals surface area contributed by atoms with Crippen molar-refractivity contribution in [3.05, 3.63) is 176 Å². The molecule has 0 bridgehead atoms. The molecule has 0 unspecified atom stereocenters. The summed E-state index contributed by atoms with van der Waals surface area (Å²) in [4.78, 5) is 5.44. The van der Waals surface area contributed by atoms with Gasteiger partial charge in [-0.2, -0.15) is 0 Å². The van der Waals surface area contributed by atoms with Gasteiger partial charge in [0, 0.05) is 49.3 Å². The lowest BCUT2D eigenvalue weighted by Crippen LogP contribution is -1.94. The molecule has 0 fully saturated rings. The summed E-state index contributed by atoms with van der Waals surface area (Å²) in [5.74, 6) is 0. The maximum Gasteiger partial charge on any atom is 0.0794 e. The van der Waals surface area contributed by atoms with Gasteiger partial charge in [0.25, 0.3) is 0 Å². The third-order valence-corrected chi connectivity index (χ3v) is 10.4. The van der Waals surface area contributed by atoms with Crippen LogP contribution in [-0.4, -0.2) is 14.1 Å². The highest BCUT2D eigenvalue weighted by molar-refractivity contribution is 6.24. The van der Waals surface area contributed by atoms with Gasteiger partial charge in [0.1, 0.15) is 0 Å². The summed E-state index contributed by atoms with van der Waals surface area (Å²) in [6.07, 6.45) is 0. The predicted octanol–water partition coefficient (Wildman–Crippen LogP) is 12.4. The van der Waals surface area contributed by atoms with Crippen molar-refractivity contribution in [2.75, 3.05) is 0 Å². The first kappa shape index (κ1) is 27.3. The summed E-state index contributed by atoms with van der Waals surface area (Å²) in [5, 5.41) is 9.68. The summed E-state index contributed by atoms with van der Waals surface area (Å²) < 4.78 is 4.79. The summed E-state index contributed by atoms with van der Waals surface area (Å²) in [5.41, 5.74) is 11.4. The largest absolute Gasteiger partial charge is 0.309 e. The molecule has 3 nitrogen and oxygen atoms in total. The first-order valence-corrected chi connectivity index (χ1v) is 17.1. The first-order valence-electron chi connectivity index (χ1n) is 17.1. The van der Waals surface area contributed by atoms with Crippen LogP contribution in [0.25, 0.3) is 98.7 Å². The van der Waals surface area contributed by atoms with E-state index in [0.717, 1.165) is 33.4 Å². The fourth-order valence-electron chi connectivity index (χ4n) is 8.29. The Morgan fingerprint density at radius 2 is 0.960 bits per heavy atom. The standard InChI is InChI=1S/C47H29N3/c1-3-15-32(16-4-1)49-43-24-12-9-20-36(43)46-35(21-13-25-44(46)49)39-27-31-28-45-38(29-37(31)40-26-30-14-7-10-22-41(30)48-47(39)40)34-19-8-11-23-42(34)50(45)33-17-5-2-6-18-33/h1-29H. The maximum atomic E-state index is 5.44.